The summed E-state index contributed by atoms with van der Waals surface area (Å²) < 4.78 is 0. The molecule has 0 bridgehead atoms. The van der Waals surface area contributed by atoms with Crippen molar-refractivity contribution < 1.29 is 0 Å². The summed E-state index contributed by atoms with van der Waals surface area (Å²) in [6.07, 6.45) is 10.2. The fourth-order valence-electron chi connectivity index (χ4n) is 0.956. The lowest BCUT2D eigenvalue weighted by Crippen LogP contribution is -1.99. The number of hydrogen-bond donors (Lipinski definition) is 0. The Hall–Kier alpha value is -0.670. The maximum atomic E-state index is 5.92. The lowest BCUT2D eigenvalue weighted by molar-refractivity contribution is 0.717. The molecule has 1 unspecified atom stereocenters. The molecular weight excluding hydrogens is 144 g/mol. The maximum Gasteiger partial charge on any atom is 0.0387 e. The molecule has 1 rings (SSSR count). The number of rotatable bonds is 0. The van der Waals surface area contributed by atoms with E-state index in [-0.39, 0.29) is 0 Å². The van der Waals surface area contributed by atoms with Crippen LogP contribution in [-0.4, -0.2) is 0 Å². The van der Waals surface area contributed by atoms with Gasteiger partial charge in [0.05, 0.1) is 0 Å². The average Bonchev–Trinajstić information content (AvgIpc) is 1.95. The van der Waals surface area contributed by atoms with E-state index >= 15 is 0 Å². The summed E-state index contributed by atoms with van der Waals surface area (Å²) in [5, 5.41) is 0.824. The first kappa shape index (κ1) is 7.44. The first-order valence-corrected chi connectivity index (χ1v) is 3.66. The maximum absolute atomic E-state index is 5.92. The Labute approximate surface area is 66.6 Å². The quantitative estimate of drug-likeness (QED) is 0.469. The van der Waals surface area contributed by atoms with Crippen LogP contribution in [0.4, 0.5) is 0 Å². The highest BCUT2D eigenvalue weighted by molar-refractivity contribution is 6.30. The number of hydrogen-bond acceptors (Lipinski definition) is 0. The molecule has 0 radical (unpaired) electrons. The third-order valence-electron chi connectivity index (χ3n) is 1.62. The molecule has 0 heterocycles. The Morgan fingerprint density at radius 1 is 1.80 bits per heavy atom. The van der Waals surface area contributed by atoms with Crippen LogP contribution in [0.2, 0.25) is 0 Å². The average molecular weight is 153 g/mol. The van der Waals surface area contributed by atoms with Crippen LogP contribution in [0.25, 0.3) is 0 Å². The molecule has 0 spiro atoms. The molecule has 1 atom stereocenters. The van der Waals surface area contributed by atoms with Gasteiger partial charge in [-0.15, -0.1) is 6.42 Å². The van der Waals surface area contributed by atoms with Crippen molar-refractivity contribution in [2.75, 3.05) is 0 Å². The van der Waals surface area contributed by atoms with Crippen LogP contribution >= 0.6 is 11.6 Å². The zero-order valence-corrected chi connectivity index (χ0v) is 6.65. The molecule has 0 aliphatic heterocycles. The summed E-state index contributed by atoms with van der Waals surface area (Å²) in [7, 11) is 0. The highest BCUT2D eigenvalue weighted by Gasteiger charge is 2.11. The Bertz CT molecular complexity index is 228. The third-order valence-corrected chi connectivity index (χ3v) is 2.20. The van der Waals surface area contributed by atoms with E-state index in [0.717, 1.165) is 17.0 Å². The molecule has 0 amide bonds. The van der Waals surface area contributed by atoms with Crippen molar-refractivity contribution in [2.24, 2.45) is 5.92 Å². The predicted molar refractivity (Wildman–Crippen MR) is 44.6 cm³/mol. The molecule has 0 aromatic carbocycles. The SMILES string of the molecule is C#CC1=C(Cl)C(C)CC=C1. The van der Waals surface area contributed by atoms with Crippen molar-refractivity contribution in [3.8, 4) is 12.3 Å². The van der Waals surface area contributed by atoms with Gasteiger partial charge >= 0.3 is 0 Å². The van der Waals surface area contributed by atoms with Crippen molar-refractivity contribution in [1.82, 2.24) is 0 Å². The summed E-state index contributed by atoms with van der Waals surface area (Å²) in [6.45, 7) is 2.07. The van der Waals surface area contributed by atoms with E-state index in [1.54, 1.807) is 0 Å². The summed E-state index contributed by atoms with van der Waals surface area (Å²) in [6, 6.07) is 0. The zero-order chi connectivity index (χ0) is 7.56. The molecule has 52 valence electrons. The predicted octanol–water partition coefficient (Wildman–Crippen LogP) is 2.71. The van der Waals surface area contributed by atoms with Crippen LogP contribution in [-0.2, 0) is 0 Å². The summed E-state index contributed by atoms with van der Waals surface area (Å²) in [5.74, 6) is 2.95. The van der Waals surface area contributed by atoms with Crippen LogP contribution < -0.4 is 0 Å². The Kier molecular flexibility index (Phi) is 2.19. The van der Waals surface area contributed by atoms with Gasteiger partial charge in [0.15, 0.2) is 0 Å². The smallest absolute Gasteiger partial charge is 0.0387 e. The zero-order valence-electron chi connectivity index (χ0n) is 5.89. The van der Waals surface area contributed by atoms with Gasteiger partial charge in [-0.25, -0.2) is 0 Å². The Balaban J connectivity index is 2.96. The van der Waals surface area contributed by atoms with Crippen molar-refractivity contribution in [3.05, 3.63) is 22.8 Å². The van der Waals surface area contributed by atoms with E-state index < -0.39 is 0 Å². The minimum absolute atomic E-state index is 0.401. The van der Waals surface area contributed by atoms with Crippen molar-refractivity contribution in [1.29, 1.82) is 0 Å². The molecule has 0 aromatic rings. The lowest BCUT2D eigenvalue weighted by Gasteiger charge is -2.12. The second-order valence-corrected chi connectivity index (χ2v) is 2.85. The van der Waals surface area contributed by atoms with Crippen LogP contribution in [0.15, 0.2) is 22.8 Å². The van der Waals surface area contributed by atoms with Crippen molar-refractivity contribution >= 4 is 11.6 Å². The highest BCUT2D eigenvalue weighted by Crippen LogP contribution is 2.27. The van der Waals surface area contributed by atoms with Gasteiger partial charge < -0.3 is 0 Å². The van der Waals surface area contributed by atoms with E-state index in [1.165, 1.54) is 0 Å². The first-order chi connectivity index (χ1) is 4.75. The van der Waals surface area contributed by atoms with Gasteiger partial charge in [0, 0.05) is 10.6 Å². The molecule has 0 nitrogen and oxygen atoms in total. The number of terminal acetylenes is 1. The second kappa shape index (κ2) is 2.94. The van der Waals surface area contributed by atoms with E-state index in [4.69, 9.17) is 18.0 Å². The summed E-state index contributed by atoms with van der Waals surface area (Å²) >= 11 is 5.92. The standard InChI is InChI=1S/C9H9Cl/c1-3-8-6-4-5-7(2)9(8)10/h1,4,6-7H,5H2,2H3. The van der Waals surface area contributed by atoms with E-state index in [2.05, 4.69) is 18.9 Å². The molecule has 0 fully saturated rings. The second-order valence-electron chi connectivity index (χ2n) is 2.45. The molecule has 0 aromatic heterocycles. The molecule has 0 N–H and O–H groups in total. The van der Waals surface area contributed by atoms with Crippen molar-refractivity contribution in [3.63, 3.8) is 0 Å². The van der Waals surface area contributed by atoms with Gasteiger partial charge in [0.25, 0.3) is 0 Å². The van der Waals surface area contributed by atoms with E-state index in [9.17, 15) is 0 Å². The normalized spacial score (nSPS) is 24.7. The molecule has 0 saturated carbocycles. The Morgan fingerprint density at radius 2 is 2.50 bits per heavy atom. The van der Waals surface area contributed by atoms with Crippen LogP contribution in [0.5, 0.6) is 0 Å². The molecule has 10 heavy (non-hydrogen) atoms. The number of halogens is 1. The largest absolute Gasteiger partial charge is 0.115 e. The monoisotopic (exact) mass is 152 g/mol. The summed E-state index contributed by atoms with van der Waals surface area (Å²) in [5.41, 5.74) is 0.834. The van der Waals surface area contributed by atoms with Gasteiger partial charge in [-0.05, 0) is 18.4 Å². The minimum atomic E-state index is 0.401. The third kappa shape index (κ3) is 1.25. The van der Waals surface area contributed by atoms with Crippen LogP contribution in [0.1, 0.15) is 13.3 Å². The fraction of sp³-hybridized carbons (Fsp3) is 0.333. The van der Waals surface area contributed by atoms with Gasteiger partial charge in [-0.1, -0.05) is 30.5 Å². The topological polar surface area (TPSA) is 0 Å². The first-order valence-electron chi connectivity index (χ1n) is 3.28. The number of allylic oxidation sites excluding steroid dienone is 4. The van der Waals surface area contributed by atoms with E-state index in [1.807, 2.05) is 6.08 Å². The summed E-state index contributed by atoms with van der Waals surface area (Å²) in [4.78, 5) is 0. The minimum Gasteiger partial charge on any atom is -0.115 e. The Morgan fingerprint density at radius 3 is 3.00 bits per heavy atom. The van der Waals surface area contributed by atoms with Gasteiger partial charge in [-0.2, -0.15) is 0 Å². The van der Waals surface area contributed by atoms with Gasteiger partial charge in [0.2, 0.25) is 0 Å². The van der Waals surface area contributed by atoms with Crippen molar-refractivity contribution in [2.45, 2.75) is 13.3 Å². The lowest BCUT2D eigenvalue weighted by atomic mass is 9.98. The molecular formula is C9H9Cl. The molecule has 0 saturated heterocycles. The molecule has 1 heteroatoms. The molecule has 1 aliphatic rings. The van der Waals surface area contributed by atoms with E-state index in [0.29, 0.717) is 5.92 Å². The van der Waals surface area contributed by atoms with Gasteiger partial charge in [-0.3, -0.25) is 0 Å². The van der Waals surface area contributed by atoms with Crippen LogP contribution in [0.3, 0.4) is 0 Å². The molecule has 1 aliphatic carbocycles. The van der Waals surface area contributed by atoms with Gasteiger partial charge in [0.1, 0.15) is 0 Å². The highest BCUT2D eigenvalue weighted by atomic mass is 35.5. The van der Waals surface area contributed by atoms with Crippen LogP contribution in [0, 0.1) is 18.3 Å². The fourth-order valence-corrected chi connectivity index (χ4v) is 1.16.